The summed E-state index contributed by atoms with van der Waals surface area (Å²) in [5.41, 5.74) is 7.22. The minimum atomic E-state index is -1.31. The van der Waals surface area contributed by atoms with E-state index in [0.29, 0.717) is 48.4 Å². The summed E-state index contributed by atoms with van der Waals surface area (Å²) >= 11 is 12.7. The molecule has 2 fully saturated rings. The van der Waals surface area contributed by atoms with Crippen molar-refractivity contribution >= 4 is 46.5 Å². The van der Waals surface area contributed by atoms with Gasteiger partial charge in [-0.2, -0.15) is 0 Å². The molecule has 7 nitrogen and oxygen atoms in total. The summed E-state index contributed by atoms with van der Waals surface area (Å²) in [7, 11) is 0. The van der Waals surface area contributed by atoms with Gasteiger partial charge in [0, 0.05) is 35.1 Å². The molecular formula is C39H45Cl2FN4O3. The molecule has 1 saturated carbocycles. The summed E-state index contributed by atoms with van der Waals surface area (Å²) in [6, 6.07) is 17.7. The van der Waals surface area contributed by atoms with Crippen LogP contribution in [0.25, 0.3) is 0 Å². The summed E-state index contributed by atoms with van der Waals surface area (Å²) < 4.78 is 16.1. The number of halogens is 3. The van der Waals surface area contributed by atoms with E-state index >= 15 is 4.39 Å². The average molecular weight is 708 g/mol. The number of nitrogens with two attached hydrogens (primary N) is 1. The summed E-state index contributed by atoms with van der Waals surface area (Å²) in [6.45, 7) is 6.24. The fourth-order valence-corrected chi connectivity index (χ4v) is 8.73. The molecule has 6 rings (SSSR count). The molecule has 3 aromatic carbocycles. The zero-order chi connectivity index (χ0) is 35.1. The van der Waals surface area contributed by atoms with Gasteiger partial charge in [-0.05, 0) is 84.7 Å². The summed E-state index contributed by atoms with van der Waals surface area (Å²) in [4.78, 5) is 41.7. The molecule has 0 radical (unpaired) electrons. The molecule has 2 aliphatic heterocycles. The maximum Gasteiger partial charge on any atom is 0.238 e. The number of hydrogen-bond donors (Lipinski definition) is 4. The Morgan fingerprint density at radius 1 is 1.02 bits per heavy atom. The Kier molecular flexibility index (Phi) is 10.3. The first-order chi connectivity index (χ1) is 23.3. The van der Waals surface area contributed by atoms with Gasteiger partial charge in [-0.3, -0.25) is 14.4 Å². The SMILES string of the molecule is CC(C)(C)C[C@H]1N[C@@H](C(=O)N[C@H]2CC[C@H](CC(=O)[C@@H](N)Cc3ccccc3)CC2)[C@H](c2cccc(Cl)c2F)[C@@]12C(=O)Nc1cc(Cl)ccc12. The third kappa shape index (κ3) is 7.16. The van der Waals surface area contributed by atoms with Crippen molar-refractivity contribution in [3.63, 3.8) is 0 Å². The van der Waals surface area contributed by atoms with Gasteiger partial charge >= 0.3 is 0 Å². The van der Waals surface area contributed by atoms with Crippen molar-refractivity contribution in [2.24, 2.45) is 17.1 Å². The number of Topliss-reactive ketones (excluding diaryl/α,β-unsaturated/α-hetero) is 1. The molecule has 5 N–H and O–H groups in total. The third-order valence-electron chi connectivity index (χ3n) is 10.6. The lowest BCUT2D eigenvalue weighted by molar-refractivity contribution is -0.125. The number of benzene rings is 3. The Labute approximate surface area is 297 Å². The van der Waals surface area contributed by atoms with Crippen LogP contribution in [0.4, 0.5) is 10.1 Å². The van der Waals surface area contributed by atoms with Crippen molar-refractivity contribution in [1.29, 1.82) is 0 Å². The molecule has 0 aromatic heterocycles. The molecule has 2 amide bonds. The first-order valence-corrected chi connectivity index (χ1v) is 18.0. The normalized spacial score (nSPS) is 27.1. The van der Waals surface area contributed by atoms with E-state index in [1.54, 1.807) is 24.3 Å². The third-order valence-corrected chi connectivity index (χ3v) is 11.1. The molecule has 3 aliphatic rings. The summed E-state index contributed by atoms with van der Waals surface area (Å²) in [5.74, 6) is -1.88. The molecule has 49 heavy (non-hydrogen) atoms. The standard InChI is InChI=1S/C39H45Cl2FN4O3/c1-38(2,3)21-32-39(27-17-14-24(40)20-30(27)45-37(39)49)33(26-10-7-11-28(41)34(26)42)35(46-32)36(48)44-25-15-12-23(13-16-25)19-31(47)29(43)18-22-8-5-4-6-9-22/h4-11,14,17,20,23,25,29,32-33,35,46H,12-13,15-16,18-19,21,43H2,1-3H3,(H,44,48)(H,45,49)/t23-,25-,29-,32+,33-,35+,39-/m0/s1. The summed E-state index contributed by atoms with van der Waals surface area (Å²) in [5, 5.41) is 10.2. The van der Waals surface area contributed by atoms with Crippen LogP contribution in [0.2, 0.25) is 10.0 Å². The number of anilines is 1. The number of carbonyl (C=O) groups excluding carboxylic acids is 3. The molecule has 1 spiro atoms. The van der Waals surface area contributed by atoms with Gasteiger partial charge in [0.2, 0.25) is 11.8 Å². The molecule has 1 aliphatic carbocycles. The minimum Gasteiger partial charge on any atom is -0.352 e. The van der Waals surface area contributed by atoms with Gasteiger partial charge in [-0.25, -0.2) is 4.39 Å². The zero-order valence-electron chi connectivity index (χ0n) is 28.2. The first kappa shape index (κ1) is 35.5. The highest BCUT2D eigenvalue weighted by molar-refractivity contribution is 6.31. The van der Waals surface area contributed by atoms with E-state index < -0.39 is 35.3 Å². The number of hydrogen-bond acceptors (Lipinski definition) is 5. The first-order valence-electron chi connectivity index (χ1n) is 17.2. The molecule has 3 aromatic rings. The largest absolute Gasteiger partial charge is 0.352 e. The fourth-order valence-electron chi connectivity index (χ4n) is 8.37. The van der Waals surface area contributed by atoms with Crippen LogP contribution in [0.5, 0.6) is 0 Å². The molecule has 0 bridgehead atoms. The van der Waals surface area contributed by atoms with Crippen LogP contribution in [-0.4, -0.2) is 41.8 Å². The lowest BCUT2D eigenvalue weighted by atomic mass is 9.62. The smallest absolute Gasteiger partial charge is 0.238 e. The van der Waals surface area contributed by atoms with Crippen molar-refractivity contribution in [3.05, 3.63) is 99.3 Å². The maximum atomic E-state index is 16.1. The molecular weight excluding hydrogens is 662 g/mol. The van der Waals surface area contributed by atoms with Gasteiger partial charge in [0.25, 0.3) is 0 Å². The van der Waals surface area contributed by atoms with Crippen molar-refractivity contribution < 1.29 is 18.8 Å². The van der Waals surface area contributed by atoms with Crippen LogP contribution in [-0.2, 0) is 26.2 Å². The van der Waals surface area contributed by atoms with Crippen LogP contribution < -0.4 is 21.7 Å². The van der Waals surface area contributed by atoms with Crippen molar-refractivity contribution in [2.75, 3.05) is 5.32 Å². The van der Waals surface area contributed by atoms with E-state index in [1.807, 2.05) is 36.4 Å². The van der Waals surface area contributed by atoms with E-state index in [1.165, 1.54) is 6.07 Å². The highest BCUT2D eigenvalue weighted by atomic mass is 35.5. The summed E-state index contributed by atoms with van der Waals surface area (Å²) in [6.07, 6.45) is 4.46. The molecule has 0 unspecified atom stereocenters. The number of nitrogens with one attached hydrogen (secondary N) is 3. The van der Waals surface area contributed by atoms with Crippen LogP contribution in [0.15, 0.2) is 66.7 Å². The van der Waals surface area contributed by atoms with Gasteiger partial charge in [-0.1, -0.05) is 92.5 Å². The van der Waals surface area contributed by atoms with E-state index in [0.717, 1.165) is 18.4 Å². The second-order valence-corrected chi connectivity index (χ2v) is 16.1. The topological polar surface area (TPSA) is 113 Å². The average Bonchev–Trinajstić information content (AvgIpc) is 3.52. The molecule has 5 atom stereocenters. The minimum absolute atomic E-state index is 0.0597. The number of carbonyl (C=O) groups is 3. The van der Waals surface area contributed by atoms with Crippen LogP contribution in [0, 0.1) is 17.2 Å². The predicted octanol–water partition coefficient (Wildman–Crippen LogP) is 7.09. The Morgan fingerprint density at radius 3 is 2.43 bits per heavy atom. The highest BCUT2D eigenvalue weighted by Crippen LogP contribution is 2.57. The number of rotatable bonds is 9. The van der Waals surface area contributed by atoms with Crippen LogP contribution in [0.1, 0.15) is 81.9 Å². The van der Waals surface area contributed by atoms with Crippen molar-refractivity contribution in [1.82, 2.24) is 10.6 Å². The molecule has 2 heterocycles. The zero-order valence-corrected chi connectivity index (χ0v) is 29.7. The lowest BCUT2D eigenvalue weighted by Gasteiger charge is -2.38. The number of ketones is 1. The second-order valence-electron chi connectivity index (χ2n) is 15.3. The monoisotopic (exact) mass is 706 g/mol. The van der Waals surface area contributed by atoms with Gasteiger partial charge in [0.1, 0.15) is 17.0 Å². The van der Waals surface area contributed by atoms with Crippen LogP contribution >= 0.6 is 23.2 Å². The van der Waals surface area contributed by atoms with Gasteiger partial charge < -0.3 is 21.7 Å². The van der Waals surface area contributed by atoms with E-state index in [-0.39, 0.29) is 45.6 Å². The Hall–Kier alpha value is -3.30. The van der Waals surface area contributed by atoms with Crippen LogP contribution in [0.3, 0.4) is 0 Å². The highest BCUT2D eigenvalue weighted by Gasteiger charge is 2.66. The second kappa shape index (κ2) is 14.1. The molecule has 10 heteroatoms. The Bertz CT molecular complexity index is 1720. The quantitative estimate of drug-likeness (QED) is 0.190. The maximum absolute atomic E-state index is 16.1. The van der Waals surface area contributed by atoms with Gasteiger partial charge in [-0.15, -0.1) is 0 Å². The number of amides is 2. The van der Waals surface area contributed by atoms with Gasteiger partial charge in [0.05, 0.1) is 17.1 Å². The van der Waals surface area contributed by atoms with E-state index in [4.69, 9.17) is 28.9 Å². The fraction of sp³-hybridized carbons (Fsp3) is 0.462. The Balaban J connectivity index is 1.23. The number of fused-ring (bicyclic) bond motifs is 2. The van der Waals surface area contributed by atoms with E-state index in [9.17, 15) is 14.4 Å². The van der Waals surface area contributed by atoms with Gasteiger partial charge in [0.15, 0.2) is 0 Å². The molecule has 1 saturated heterocycles. The van der Waals surface area contributed by atoms with E-state index in [2.05, 4.69) is 36.7 Å². The van der Waals surface area contributed by atoms with Crippen molar-refractivity contribution in [2.45, 2.75) is 101 Å². The predicted molar refractivity (Wildman–Crippen MR) is 192 cm³/mol. The Morgan fingerprint density at radius 2 is 1.73 bits per heavy atom. The van der Waals surface area contributed by atoms with Crippen molar-refractivity contribution in [3.8, 4) is 0 Å². The lowest BCUT2D eigenvalue weighted by Crippen LogP contribution is -2.50. The molecule has 260 valence electrons.